The van der Waals surface area contributed by atoms with Gasteiger partial charge in [0.1, 0.15) is 0 Å². The van der Waals surface area contributed by atoms with E-state index in [1.807, 2.05) is 40.9 Å². The lowest BCUT2D eigenvalue weighted by Gasteiger charge is -2.26. The summed E-state index contributed by atoms with van der Waals surface area (Å²) in [6.07, 6.45) is 4.07. The van der Waals surface area contributed by atoms with Crippen molar-refractivity contribution in [3.63, 3.8) is 0 Å². The van der Waals surface area contributed by atoms with Gasteiger partial charge < -0.3 is 16.0 Å². The van der Waals surface area contributed by atoms with Gasteiger partial charge in [-0.3, -0.25) is 14.5 Å². The van der Waals surface area contributed by atoms with E-state index in [2.05, 4.69) is 15.4 Å². The molecule has 26 heavy (non-hydrogen) atoms. The summed E-state index contributed by atoms with van der Waals surface area (Å²) in [7, 11) is 3.68. The first-order chi connectivity index (χ1) is 12.5. The maximum atomic E-state index is 11.7. The third kappa shape index (κ3) is 3.46. The molecule has 0 spiro atoms. The number of aliphatic imine (C=N–C) groups is 1. The molecule has 1 aromatic carbocycles. The first-order valence-corrected chi connectivity index (χ1v) is 8.56. The van der Waals surface area contributed by atoms with Gasteiger partial charge in [0.15, 0.2) is 5.82 Å². The SMILES string of the molecule is CN=C(C=CN)c1ccc(Nc2nn(C)c3c2CN(C(C)=O)CC3)cc1. The average molecular weight is 352 g/mol. The monoisotopic (exact) mass is 352 g/mol. The molecule has 3 N–H and O–H groups in total. The van der Waals surface area contributed by atoms with Crippen LogP contribution in [0.3, 0.4) is 0 Å². The van der Waals surface area contributed by atoms with Crippen LogP contribution >= 0.6 is 0 Å². The van der Waals surface area contributed by atoms with Gasteiger partial charge in [-0.25, -0.2) is 0 Å². The molecule has 0 radical (unpaired) electrons. The molecule has 7 nitrogen and oxygen atoms in total. The zero-order chi connectivity index (χ0) is 18.7. The number of carbonyl (C=O) groups excluding carboxylic acids is 1. The zero-order valence-corrected chi connectivity index (χ0v) is 15.4. The number of nitrogens with two attached hydrogens (primary N) is 1. The highest BCUT2D eigenvalue weighted by Gasteiger charge is 2.25. The molecule has 136 valence electrons. The number of rotatable bonds is 4. The fourth-order valence-electron chi connectivity index (χ4n) is 3.21. The number of allylic oxidation sites excluding steroid dienone is 1. The van der Waals surface area contributed by atoms with E-state index < -0.39 is 0 Å². The predicted molar refractivity (Wildman–Crippen MR) is 104 cm³/mol. The molecular formula is C19H24N6O. The minimum absolute atomic E-state index is 0.0918. The Balaban J connectivity index is 1.83. The molecule has 0 fully saturated rings. The van der Waals surface area contributed by atoms with Crippen molar-refractivity contribution < 1.29 is 4.79 Å². The normalized spacial score (nSPS) is 14.6. The number of aryl methyl sites for hydroxylation is 1. The second kappa shape index (κ2) is 7.43. The van der Waals surface area contributed by atoms with E-state index in [0.29, 0.717) is 6.54 Å². The van der Waals surface area contributed by atoms with Crippen LogP contribution in [0.25, 0.3) is 0 Å². The lowest BCUT2D eigenvalue weighted by molar-refractivity contribution is -0.129. The highest BCUT2D eigenvalue weighted by Crippen LogP contribution is 2.28. The van der Waals surface area contributed by atoms with Crippen molar-refractivity contribution in [1.29, 1.82) is 0 Å². The predicted octanol–water partition coefficient (Wildman–Crippen LogP) is 1.96. The first kappa shape index (κ1) is 17.7. The van der Waals surface area contributed by atoms with Crippen LogP contribution in [-0.4, -0.2) is 39.9 Å². The van der Waals surface area contributed by atoms with Crippen molar-refractivity contribution >= 4 is 23.1 Å². The van der Waals surface area contributed by atoms with Crippen LogP contribution in [-0.2, 0) is 24.8 Å². The third-order valence-electron chi connectivity index (χ3n) is 4.63. The van der Waals surface area contributed by atoms with Gasteiger partial charge in [0.25, 0.3) is 0 Å². The van der Waals surface area contributed by atoms with Crippen molar-refractivity contribution in [3.05, 3.63) is 53.4 Å². The van der Waals surface area contributed by atoms with Crippen LogP contribution in [0.5, 0.6) is 0 Å². The minimum Gasteiger partial charge on any atom is -0.405 e. The molecule has 0 atom stereocenters. The number of aromatic nitrogens is 2. The van der Waals surface area contributed by atoms with E-state index >= 15 is 0 Å². The Kier molecular flexibility index (Phi) is 5.06. The Morgan fingerprint density at radius 1 is 1.35 bits per heavy atom. The van der Waals surface area contributed by atoms with Gasteiger partial charge in [-0.05, 0) is 30.0 Å². The Hall–Kier alpha value is -3.09. The van der Waals surface area contributed by atoms with Crippen molar-refractivity contribution in [1.82, 2.24) is 14.7 Å². The largest absolute Gasteiger partial charge is 0.405 e. The van der Waals surface area contributed by atoms with E-state index in [4.69, 9.17) is 5.73 Å². The molecule has 7 heteroatoms. The van der Waals surface area contributed by atoms with Gasteiger partial charge >= 0.3 is 0 Å². The standard InChI is InChI=1S/C19H24N6O/c1-13(26)25-11-9-18-16(12-25)19(23-24(18)3)22-15-6-4-14(5-7-15)17(21-2)8-10-20/h4-8,10H,9,11-12,20H2,1-3H3,(H,22,23). The van der Waals surface area contributed by atoms with E-state index in [1.165, 1.54) is 11.9 Å². The van der Waals surface area contributed by atoms with Crippen molar-refractivity contribution in [3.8, 4) is 0 Å². The highest BCUT2D eigenvalue weighted by molar-refractivity contribution is 6.08. The Morgan fingerprint density at radius 3 is 2.69 bits per heavy atom. The smallest absolute Gasteiger partial charge is 0.219 e. The summed E-state index contributed by atoms with van der Waals surface area (Å²) < 4.78 is 1.90. The molecule has 0 unspecified atom stereocenters. The molecule has 0 aliphatic carbocycles. The van der Waals surface area contributed by atoms with E-state index in [1.54, 1.807) is 20.0 Å². The maximum absolute atomic E-state index is 11.7. The fraction of sp³-hybridized carbons (Fsp3) is 0.316. The molecule has 2 aromatic rings. The van der Waals surface area contributed by atoms with Gasteiger partial charge in [0, 0.05) is 50.9 Å². The maximum Gasteiger partial charge on any atom is 0.219 e. The molecule has 1 aliphatic rings. The van der Waals surface area contributed by atoms with Gasteiger partial charge in [-0.2, -0.15) is 5.10 Å². The van der Waals surface area contributed by atoms with E-state index in [0.717, 1.165) is 41.3 Å². The fourth-order valence-corrected chi connectivity index (χ4v) is 3.21. The summed E-state index contributed by atoms with van der Waals surface area (Å²) in [6, 6.07) is 7.94. The number of hydrogen-bond acceptors (Lipinski definition) is 5. The number of carbonyl (C=O) groups is 1. The number of hydrogen-bond donors (Lipinski definition) is 2. The quantitative estimate of drug-likeness (QED) is 0.823. The van der Waals surface area contributed by atoms with Crippen molar-refractivity contribution in [2.45, 2.75) is 19.9 Å². The van der Waals surface area contributed by atoms with Crippen molar-refractivity contribution in [2.75, 3.05) is 18.9 Å². The average Bonchev–Trinajstić information content (AvgIpc) is 2.95. The Labute approximate surface area is 153 Å². The number of nitrogens with zero attached hydrogens (tertiary/aromatic N) is 4. The second-order valence-corrected chi connectivity index (χ2v) is 6.26. The first-order valence-electron chi connectivity index (χ1n) is 8.56. The highest BCUT2D eigenvalue weighted by atomic mass is 16.2. The number of benzene rings is 1. The molecule has 1 amide bonds. The summed E-state index contributed by atoms with van der Waals surface area (Å²) in [5, 5.41) is 7.98. The zero-order valence-electron chi connectivity index (χ0n) is 15.4. The minimum atomic E-state index is 0.0918. The van der Waals surface area contributed by atoms with Crippen LogP contribution in [0.4, 0.5) is 11.5 Å². The van der Waals surface area contributed by atoms with Gasteiger partial charge in [-0.15, -0.1) is 0 Å². The molecule has 0 saturated carbocycles. The molecule has 1 aromatic heterocycles. The van der Waals surface area contributed by atoms with E-state index in [9.17, 15) is 4.79 Å². The molecule has 3 rings (SSSR count). The summed E-state index contributed by atoms with van der Waals surface area (Å²) >= 11 is 0. The molecule has 2 heterocycles. The van der Waals surface area contributed by atoms with Crippen LogP contribution in [0, 0.1) is 0 Å². The number of nitrogens with one attached hydrogen (secondary N) is 1. The summed E-state index contributed by atoms with van der Waals surface area (Å²) in [5.41, 5.74) is 10.5. The molecule has 0 saturated heterocycles. The topological polar surface area (TPSA) is 88.5 Å². The summed E-state index contributed by atoms with van der Waals surface area (Å²) in [6.45, 7) is 2.94. The molecule has 0 bridgehead atoms. The lowest BCUT2D eigenvalue weighted by Crippen LogP contribution is -2.34. The van der Waals surface area contributed by atoms with Gasteiger partial charge in [-0.1, -0.05) is 12.1 Å². The van der Waals surface area contributed by atoms with E-state index in [-0.39, 0.29) is 5.91 Å². The lowest BCUT2D eigenvalue weighted by atomic mass is 10.1. The van der Waals surface area contributed by atoms with Crippen LogP contribution < -0.4 is 11.1 Å². The number of amides is 1. The molecule has 1 aliphatic heterocycles. The van der Waals surface area contributed by atoms with Crippen LogP contribution in [0.1, 0.15) is 23.7 Å². The van der Waals surface area contributed by atoms with Crippen molar-refractivity contribution in [2.24, 2.45) is 17.8 Å². The second-order valence-electron chi connectivity index (χ2n) is 6.26. The Morgan fingerprint density at radius 2 is 2.08 bits per heavy atom. The number of anilines is 2. The third-order valence-corrected chi connectivity index (χ3v) is 4.63. The Bertz CT molecular complexity index is 863. The van der Waals surface area contributed by atoms with Gasteiger partial charge in [0.2, 0.25) is 5.91 Å². The van der Waals surface area contributed by atoms with Crippen LogP contribution in [0.15, 0.2) is 41.5 Å². The number of fused-ring (bicyclic) bond motifs is 1. The molecular weight excluding hydrogens is 328 g/mol. The van der Waals surface area contributed by atoms with Gasteiger partial charge in [0.05, 0.1) is 12.3 Å². The summed E-state index contributed by atoms with van der Waals surface area (Å²) in [5.74, 6) is 0.890. The summed E-state index contributed by atoms with van der Waals surface area (Å²) in [4.78, 5) is 17.8. The van der Waals surface area contributed by atoms with Crippen LogP contribution in [0.2, 0.25) is 0 Å².